The normalized spacial score (nSPS) is 11.5. The molecule has 9 aromatic carbocycles. The van der Waals surface area contributed by atoms with Crippen molar-refractivity contribution in [3.63, 3.8) is 0 Å². The molecular weight excluding hydrogens is 1260 g/mol. The average Bonchev–Trinajstić information content (AvgIpc) is 1.44. The van der Waals surface area contributed by atoms with Gasteiger partial charge in [0.05, 0.1) is 36.5 Å². The van der Waals surface area contributed by atoms with Gasteiger partial charge in [0.1, 0.15) is 74.1 Å². The monoisotopic (exact) mass is 1360 g/mol. The molecule has 0 bridgehead atoms. The van der Waals surface area contributed by atoms with Crippen LogP contribution in [-0.4, -0.2) is 74.3 Å². The van der Waals surface area contributed by atoms with E-state index in [9.17, 15) is 0 Å². The fourth-order valence-electron chi connectivity index (χ4n) is 10.5. The van der Waals surface area contributed by atoms with Gasteiger partial charge >= 0.3 is 0 Å². The molecule has 0 unspecified atom stereocenters. The van der Waals surface area contributed by atoms with Crippen LogP contribution in [0.5, 0.6) is 34.5 Å². The molecule has 2 aliphatic heterocycles. The first-order chi connectivity index (χ1) is 48.7. The van der Waals surface area contributed by atoms with Crippen LogP contribution in [0, 0.1) is 54.3 Å². The lowest BCUT2D eigenvalue weighted by Crippen LogP contribution is -2.11. The molecule has 0 saturated heterocycles. The number of hydrogen-bond acceptors (Lipinski definition) is 17. The van der Waals surface area contributed by atoms with Crippen LogP contribution >= 0.6 is 0 Å². The first kappa shape index (κ1) is 78.9. The number of ether oxygens (including phenoxy) is 8. The molecule has 0 aromatic heterocycles. The van der Waals surface area contributed by atoms with Crippen LogP contribution in [0.2, 0.25) is 0 Å². The zero-order valence-corrected chi connectivity index (χ0v) is 58.2. The lowest BCUT2D eigenvalue weighted by Gasteiger charge is -2.12. The van der Waals surface area contributed by atoms with E-state index in [1.54, 1.807) is 55.5 Å². The Morgan fingerprint density at radius 2 is 0.644 bits per heavy atom. The second-order valence-electron chi connectivity index (χ2n) is 23.4. The third-order valence-electron chi connectivity index (χ3n) is 15.1. The van der Waals surface area contributed by atoms with Gasteiger partial charge < -0.3 is 54.5 Å². The van der Waals surface area contributed by atoms with E-state index in [4.69, 9.17) is 75.8 Å². The largest absolute Gasteiger partial charge is 0.489 e. The highest BCUT2D eigenvalue weighted by Crippen LogP contribution is 2.25. The molecule has 17 heteroatoms. The fourth-order valence-corrected chi connectivity index (χ4v) is 10.5. The van der Waals surface area contributed by atoms with Gasteiger partial charge in [-0.1, -0.05) is 60.5 Å². The molecule has 2 heterocycles. The molecular formula is C84H96N8O9. The summed E-state index contributed by atoms with van der Waals surface area (Å²) in [6.45, 7) is 18.7. The number of nitrogens with two attached hydrogens (primary N) is 2. The van der Waals surface area contributed by atoms with Gasteiger partial charge in [-0.15, -0.1) is 0 Å². The van der Waals surface area contributed by atoms with Crippen LogP contribution in [0.15, 0.2) is 210 Å². The molecule has 0 aliphatic carbocycles. The summed E-state index contributed by atoms with van der Waals surface area (Å²) in [5.74, 6) is 5.01. The summed E-state index contributed by atoms with van der Waals surface area (Å²) < 4.78 is 46.0. The highest BCUT2D eigenvalue weighted by atomic mass is 16.5. The van der Waals surface area contributed by atoms with Crippen molar-refractivity contribution in [1.29, 1.82) is 21.3 Å². The Labute approximate surface area is 596 Å². The van der Waals surface area contributed by atoms with Gasteiger partial charge in [-0.2, -0.15) is 10.5 Å². The molecule has 17 nitrogen and oxygen atoms in total. The predicted molar refractivity (Wildman–Crippen MR) is 403 cm³/mol. The van der Waals surface area contributed by atoms with Gasteiger partial charge in [-0.05, 0) is 276 Å². The Morgan fingerprint density at radius 3 is 0.851 bits per heavy atom. The van der Waals surface area contributed by atoms with Crippen molar-refractivity contribution in [2.45, 2.75) is 114 Å². The number of aliphatic hydroxyl groups is 1. The molecule has 7 N–H and O–H groups in total. The van der Waals surface area contributed by atoms with E-state index in [1.807, 2.05) is 93.6 Å². The number of nitrogens with zero attached hydrogens (tertiary/aromatic N) is 4. The van der Waals surface area contributed by atoms with Crippen LogP contribution in [0.4, 0.5) is 0 Å². The number of benzene rings is 9. The maximum Gasteiger partial charge on any atom is 0.213 e. The summed E-state index contributed by atoms with van der Waals surface area (Å²) in [5.41, 5.74) is 27.3. The Kier molecular flexibility index (Phi) is 33.9. The van der Waals surface area contributed by atoms with Crippen LogP contribution in [0.25, 0.3) is 0 Å². The number of aliphatic hydroxyl groups excluding tert-OH is 1. The number of aryl methyl sites for hydroxylation is 3. The molecule has 0 amide bonds. The summed E-state index contributed by atoms with van der Waals surface area (Å²) in [5, 5.41) is 40.9. The third-order valence-corrected chi connectivity index (χ3v) is 15.1. The Hall–Kier alpha value is -11.1. The minimum atomic E-state index is 0. The lowest BCUT2D eigenvalue weighted by atomic mass is 10.1. The van der Waals surface area contributed by atoms with E-state index in [1.165, 1.54) is 28.1 Å². The summed E-state index contributed by atoms with van der Waals surface area (Å²) in [6, 6.07) is 68.6. The van der Waals surface area contributed by atoms with E-state index in [-0.39, 0.29) is 25.8 Å². The van der Waals surface area contributed by atoms with Crippen molar-refractivity contribution in [1.82, 2.24) is 0 Å². The van der Waals surface area contributed by atoms with E-state index in [0.717, 1.165) is 129 Å². The van der Waals surface area contributed by atoms with E-state index >= 15 is 0 Å². The maximum absolute atomic E-state index is 8.84. The van der Waals surface area contributed by atoms with E-state index in [2.05, 4.69) is 115 Å². The molecule has 11 rings (SSSR count). The maximum atomic E-state index is 8.84. The van der Waals surface area contributed by atoms with Crippen LogP contribution in [-0.2, 0) is 49.1 Å². The summed E-state index contributed by atoms with van der Waals surface area (Å²) in [6.07, 6.45) is 4.48. The summed E-state index contributed by atoms with van der Waals surface area (Å²) in [4.78, 5) is 9.14. The van der Waals surface area contributed by atoms with E-state index in [0.29, 0.717) is 77.1 Å². The number of hydrogen-bond donors (Lipinski definition) is 5. The van der Waals surface area contributed by atoms with Gasteiger partial charge in [0.15, 0.2) is 0 Å². The van der Waals surface area contributed by atoms with E-state index < -0.39 is 0 Å². The van der Waals surface area contributed by atoms with Gasteiger partial charge in [-0.25, -0.2) is 0 Å². The zero-order chi connectivity index (χ0) is 71.3. The van der Waals surface area contributed by atoms with Crippen LogP contribution < -0.4 is 39.9 Å². The minimum Gasteiger partial charge on any atom is -0.489 e. The molecule has 9 aromatic rings. The predicted octanol–water partition coefficient (Wildman–Crippen LogP) is 16.6. The summed E-state index contributed by atoms with van der Waals surface area (Å²) in [7, 11) is 0. The quantitative estimate of drug-likeness (QED) is 0.0264. The molecule has 0 atom stereocenters. The van der Waals surface area contributed by atoms with Crippen LogP contribution in [0.3, 0.4) is 0 Å². The van der Waals surface area contributed by atoms with Crippen LogP contribution in [0.1, 0.15) is 137 Å². The lowest BCUT2D eigenvalue weighted by molar-refractivity contribution is 0.299. The standard InChI is InChI=1S/C29H30N2O2.C27H30N2O4.C23H18N2O2.C2H8N2.C2H6O.CH4/c1-21-16-22(19-32-26-10-6-24(7-11-26)28-4-2-14-30-28)18-23(17-21)20-33-27-12-8-25(9-13-27)29-5-3-15-31-29;1-4-30-26(28)22-6-10-24(11-7-22)32-17-20-14-19(3)15-21(16-20)18-33-25-12-8-23(9-13-25)27(29)31-5-2;1-17-10-20(15-26-22-6-2-18(13-24)3-7-22)12-21(11-17)16-27-23-8-4-19(14-25)5-9-23;3-1-2-4;1-2-3;/h6-13,16-18H,2-5,14-15,19-20H2,1H3;6-16,28-29H,4-5,17-18H2,1-3H3;2-12H,15-16H2,1H3;1-4H2;3H,2H2,1H3;1H4. The molecule has 2 aliphatic rings. The first-order valence-corrected chi connectivity index (χ1v) is 33.7. The minimum absolute atomic E-state index is 0. The number of rotatable bonds is 25. The van der Waals surface area contributed by atoms with Crippen molar-refractivity contribution in [2.24, 2.45) is 21.5 Å². The number of nitrogens with one attached hydrogen (secondary N) is 2. The van der Waals surface area contributed by atoms with Crippen molar-refractivity contribution < 1.29 is 43.0 Å². The highest BCUT2D eigenvalue weighted by molar-refractivity contribution is 6.02. The highest BCUT2D eigenvalue weighted by Gasteiger charge is 2.13. The Bertz CT molecular complexity index is 3890. The van der Waals surface area contributed by atoms with Gasteiger partial charge in [0.2, 0.25) is 11.8 Å². The average molecular weight is 1360 g/mol. The van der Waals surface area contributed by atoms with Crippen molar-refractivity contribution in [3.05, 3.63) is 284 Å². The van der Waals surface area contributed by atoms with Gasteiger partial charge in [-0.3, -0.25) is 20.8 Å². The molecule has 526 valence electrons. The number of aliphatic imine (C=N–C) groups is 2. The second kappa shape index (κ2) is 43.3. The van der Waals surface area contributed by atoms with Crippen molar-refractivity contribution >= 4 is 23.2 Å². The smallest absolute Gasteiger partial charge is 0.213 e. The Balaban J connectivity index is 0.000000227. The van der Waals surface area contributed by atoms with Crippen molar-refractivity contribution in [2.75, 3.05) is 46.0 Å². The molecule has 0 saturated carbocycles. The number of nitriles is 2. The summed E-state index contributed by atoms with van der Waals surface area (Å²) >= 11 is 0. The Morgan fingerprint density at radius 1 is 0.406 bits per heavy atom. The SMILES string of the molecule is C.CCO.CCOC(=N)c1ccc(OCc2cc(C)cc(COc3ccc(C(=N)OCC)cc3)c2)cc1.Cc1cc(COc2ccc(C#N)cc2)cc(COc2ccc(C#N)cc2)c1.Cc1cc(COc2ccc(C3=NCCC3)cc2)cc(COc2ccc(C3=NCCC3)cc2)c1.NCCN. The first-order valence-electron chi connectivity index (χ1n) is 33.7. The zero-order valence-electron chi connectivity index (χ0n) is 58.2. The van der Waals surface area contributed by atoms with Gasteiger partial charge in [0.25, 0.3) is 0 Å². The second-order valence-corrected chi connectivity index (χ2v) is 23.4. The molecule has 0 fully saturated rings. The van der Waals surface area contributed by atoms with Crippen molar-refractivity contribution in [3.8, 4) is 46.6 Å². The topological polar surface area (TPSA) is 266 Å². The fraction of sp³-hybridized carbons (Fsp3) is 0.286. The molecule has 0 spiro atoms. The molecule has 0 radical (unpaired) electrons. The van der Waals surface area contributed by atoms with Gasteiger partial charge in [0, 0.05) is 55.3 Å². The molecule has 101 heavy (non-hydrogen) atoms. The third kappa shape index (κ3) is 27.6.